The van der Waals surface area contributed by atoms with Gasteiger partial charge >= 0.3 is 0 Å². The lowest BCUT2D eigenvalue weighted by molar-refractivity contribution is -0.340. The quantitative estimate of drug-likeness (QED) is 0.639. The number of hydrogen-bond acceptors (Lipinski definition) is 3. The monoisotopic (exact) mass is 322 g/mol. The van der Waals surface area contributed by atoms with Gasteiger partial charge in [-0.2, -0.15) is 0 Å². The van der Waals surface area contributed by atoms with E-state index in [-0.39, 0.29) is 6.79 Å². The lowest BCUT2D eigenvalue weighted by Crippen LogP contribution is -2.46. The van der Waals surface area contributed by atoms with Crippen LogP contribution >= 0.6 is 69.6 Å². The summed E-state index contributed by atoms with van der Waals surface area (Å²) in [6, 6.07) is 0. The average molecular weight is 325 g/mol. The highest BCUT2D eigenvalue weighted by Crippen LogP contribution is 2.40. The summed E-state index contributed by atoms with van der Waals surface area (Å²) in [5.74, 6) is 0. The molecule has 0 aliphatic carbocycles. The molecule has 1 heterocycles. The van der Waals surface area contributed by atoms with Crippen molar-refractivity contribution in [3.8, 4) is 0 Å². The summed E-state index contributed by atoms with van der Waals surface area (Å²) in [4.78, 5) is 0. The third kappa shape index (κ3) is 3.89. The second-order valence-electron chi connectivity index (χ2n) is 2.33. The Morgan fingerprint density at radius 2 is 1.14 bits per heavy atom. The fraction of sp³-hybridized carbons (Fsp3) is 1.00. The first-order valence-corrected chi connectivity index (χ1v) is 5.50. The molecule has 84 valence electrons. The van der Waals surface area contributed by atoms with E-state index in [0.29, 0.717) is 0 Å². The Labute approximate surface area is 110 Å². The Kier molecular flexibility index (Phi) is 4.75. The van der Waals surface area contributed by atoms with Crippen molar-refractivity contribution in [2.45, 2.75) is 20.2 Å². The molecule has 9 heteroatoms. The fourth-order valence-electron chi connectivity index (χ4n) is 0.697. The molecule has 1 aliphatic rings. The Hall–Kier alpha value is 1.62. The second kappa shape index (κ2) is 4.86. The van der Waals surface area contributed by atoms with Crippen LogP contribution in [0.15, 0.2) is 0 Å². The lowest BCUT2D eigenvalue weighted by atomic mass is 10.6. The molecule has 1 rings (SSSR count). The zero-order valence-corrected chi connectivity index (χ0v) is 10.9. The van der Waals surface area contributed by atoms with Crippen LogP contribution in [-0.2, 0) is 14.2 Å². The molecule has 0 saturated carbocycles. The van der Waals surface area contributed by atoms with Crippen LogP contribution in [0.1, 0.15) is 0 Å². The van der Waals surface area contributed by atoms with Gasteiger partial charge in [0.25, 0.3) is 0 Å². The molecule has 0 spiro atoms. The van der Waals surface area contributed by atoms with Gasteiger partial charge in [0.2, 0.25) is 20.2 Å². The molecule has 0 amide bonds. The van der Waals surface area contributed by atoms with Crippen molar-refractivity contribution in [1.29, 1.82) is 0 Å². The molecule has 1 aliphatic heterocycles. The number of alkyl halides is 6. The van der Waals surface area contributed by atoms with E-state index in [4.69, 9.17) is 83.8 Å². The molecular weight excluding hydrogens is 321 g/mol. The predicted octanol–water partition coefficient (Wildman–Crippen LogP) is 3.40. The number of ether oxygens (including phenoxy) is 3. The van der Waals surface area contributed by atoms with E-state index in [0.717, 1.165) is 0 Å². The van der Waals surface area contributed by atoms with Crippen molar-refractivity contribution in [3.05, 3.63) is 0 Å². The molecule has 0 aromatic rings. The van der Waals surface area contributed by atoms with E-state index >= 15 is 0 Å². The number of rotatable bonds is 0. The van der Waals surface area contributed by atoms with E-state index in [1.54, 1.807) is 0 Å². The van der Waals surface area contributed by atoms with Crippen molar-refractivity contribution in [3.63, 3.8) is 0 Å². The Balaban J connectivity index is 2.61. The van der Waals surface area contributed by atoms with Crippen LogP contribution in [0.2, 0.25) is 0 Å². The highest BCUT2D eigenvalue weighted by atomic mass is 35.6. The molecule has 0 aromatic carbocycles. The first-order valence-electron chi connectivity index (χ1n) is 3.23. The minimum absolute atomic E-state index is 0.183. The van der Waals surface area contributed by atoms with Gasteiger partial charge in [0.15, 0.2) is 6.79 Å². The molecule has 1 fully saturated rings. The summed E-state index contributed by atoms with van der Waals surface area (Å²) in [7, 11) is 0. The van der Waals surface area contributed by atoms with Crippen LogP contribution in [0.5, 0.6) is 0 Å². The van der Waals surface area contributed by atoms with Gasteiger partial charge in [-0.25, -0.2) is 0 Å². The van der Waals surface area contributed by atoms with Gasteiger partial charge in [0, 0.05) is 0 Å². The molecule has 0 N–H and O–H groups in total. The van der Waals surface area contributed by atoms with E-state index in [1.165, 1.54) is 0 Å². The van der Waals surface area contributed by atoms with E-state index in [2.05, 4.69) is 0 Å². The van der Waals surface area contributed by atoms with Crippen molar-refractivity contribution in [2.75, 3.05) is 6.79 Å². The molecule has 3 nitrogen and oxygen atoms in total. The SMILES string of the molecule is ClC(Cl)(Cl)[C@@H]1OCO[C@@H](C(Cl)(Cl)Cl)O1. The largest absolute Gasteiger partial charge is 0.322 e. The van der Waals surface area contributed by atoms with Crippen LogP contribution in [0.25, 0.3) is 0 Å². The maximum absolute atomic E-state index is 5.52. The van der Waals surface area contributed by atoms with Crippen molar-refractivity contribution in [2.24, 2.45) is 0 Å². The van der Waals surface area contributed by atoms with E-state index in [1.807, 2.05) is 0 Å². The smallest absolute Gasteiger partial charge is 0.241 e. The zero-order valence-electron chi connectivity index (χ0n) is 6.35. The minimum atomic E-state index is -1.77. The first-order chi connectivity index (χ1) is 6.21. The highest BCUT2D eigenvalue weighted by molar-refractivity contribution is 6.68. The second-order valence-corrected chi connectivity index (χ2v) is 7.07. The van der Waals surface area contributed by atoms with Gasteiger partial charge in [-0.3, -0.25) is 0 Å². The summed E-state index contributed by atoms with van der Waals surface area (Å²) < 4.78 is 11.2. The summed E-state index contributed by atoms with van der Waals surface area (Å²) >= 11 is 33.1. The van der Waals surface area contributed by atoms with E-state index < -0.39 is 20.2 Å². The Bertz CT molecular complexity index is 179. The fourth-order valence-corrected chi connectivity index (χ4v) is 1.38. The van der Waals surface area contributed by atoms with Gasteiger partial charge in [0.05, 0.1) is 0 Å². The summed E-state index contributed by atoms with van der Waals surface area (Å²) in [6.07, 6.45) is -2.27. The maximum Gasteiger partial charge on any atom is 0.241 e. The van der Waals surface area contributed by atoms with Crippen LogP contribution in [0.3, 0.4) is 0 Å². The van der Waals surface area contributed by atoms with Crippen LogP contribution in [-0.4, -0.2) is 27.0 Å². The maximum atomic E-state index is 5.52. The van der Waals surface area contributed by atoms with Crippen molar-refractivity contribution < 1.29 is 14.2 Å². The number of halogens is 6. The van der Waals surface area contributed by atoms with Gasteiger partial charge in [-0.1, -0.05) is 69.6 Å². The third-order valence-electron chi connectivity index (χ3n) is 1.22. The Morgan fingerprint density at radius 3 is 1.43 bits per heavy atom. The molecule has 1 saturated heterocycles. The topological polar surface area (TPSA) is 27.7 Å². The summed E-state index contributed by atoms with van der Waals surface area (Å²) in [5, 5.41) is 0. The summed E-state index contributed by atoms with van der Waals surface area (Å²) in [5.41, 5.74) is 0. The van der Waals surface area contributed by atoms with Crippen LogP contribution in [0.4, 0.5) is 0 Å². The molecule has 0 aromatic heterocycles. The molecule has 0 radical (unpaired) electrons. The molecule has 0 unspecified atom stereocenters. The summed E-state index contributed by atoms with van der Waals surface area (Å²) in [6.45, 7) is -0.183. The molecule has 0 bridgehead atoms. The van der Waals surface area contributed by atoms with Gasteiger partial charge in [0.1, 0.15) is 0 Å². The zero-order chi connectivity index (χ0) is 11.0. The molecule has 2 atom stereocenters. The average Bonchev–Trinajstić information content (AvgIpc) is 2.01. The van der Waals surface area contributed by atoms with Gasteiger partial charge < -0.3 is 14.2 Å². The van der Waals surface area contributed by atoms with Crippen molar-refractivity contribution in [1.82, 2.24) is 0 Å². The van der Waals surface area contributed by atoms with Gasteiger partial charge in [-0.15, -0.1) is 0 Å². The molecule has 14 heavy (non-hydrogen) atoms. The minimum Gasteiger partial charge on any atom is -0.322 e. The van der Waals surface area contributed by atoms with Crippen LogP contribution < -0.4 is 0 Å². The lowest BCUT2D eigenvalue weighted by Gasteiger charge is -2.36. The third-order valence-corrected chi connectivity index (χ3v) is 2.29. The normalized spacial score (nSPS) is 30.4. The predicted molar refractivity (Wildman–Crippen MR) is 56.3 cm³/mol. The Morgan fingerprint density at radius 1 is 0.786 bits per heavy atom. The highest BCUT2D eigenvalue weighted by Gasteiger charge is 2.45. The van der Waals surface area contributed by atoms with Crippen molar-refractivity contribution >= 4 is 69.6 Å². The first kappa shape index (κ1) is 13.7. The molecular formula is C5H4Cl6O3. The van der Waals surface area contributed by atoms with E-state index in [9.17, 15) is 0 Å². The number of hydrogen-bond donors (Lipinski definition) is 0. The van der Waals surface area contributed by atoms with Gasteiger partial charge in [-0.05, 0) is 0 Å². The van der Waals surface area contributed by atoms with Crippen LogP contribution in [0, 0.1) is 0 Å². The standard InChI is InChI=1S/C5H4Cl6O3/c6-4(7,8)2-12-1-13-3(14-2)5(9,10)11/h2-3H,1H2/t2-,3-/m1/s1.